The van der Waals surface area contributed by atoms with Gasteiger partial charge in [0.25, 0.3) is 0 Å². The predicted molar refractivity (Wildman–Crippen MR) is 86.5 cm³/mol. The summed E-state index contributed by atoms with van der Waals surface area (Å²) in [6, 6.07) is 8.86. The lowest BCUT2D eigenvalue weighted by Crippen LogP contribution is -2.25. The van der Waals surface area contributed by atoms with E-state index in [1.165, 1.54) is 18.9 Å². The molecule has 0 spiro atoms. The van der Waals surface area contributed by atoms with Crippen LogP contribution in [0.3, 0.4) is 0 Å². The van der Waals surface area contributed by atoms with Crippen LogP contribution in [0.5, 0.6) is 0 Å². The summed E-state index contributed by atoms with van der Waals surface area (Å²) < 4.78 is 31.5. The molecular weight excluding hydrogens is 322 g/mol. The van der Waals surface area contributed by atoms with E-state index in [4.69, 9.17) is 4.74 Å². The number of anilines is 1. The van der Waals surface area contributed by atoms with Gasteiger partial charge in [0.1, 0.15) is 10.1 Å². The molecule has 6 nitrogen and oxygen atoms in total. The summed E-state index contributed by atoms with van der Waals surface area (Å²) in [4.78, 5) is 8.40. The number of pyridine rings is 2. The van der Waals surface area contributed by atoms with Gasteiger partial charge in [-0.05, 0) is 31.2 Å². The van der Waals surface area contributed by atoms with Crippen molar-refractivity contribution < 1.29 is 13.2 Å². The Hall–Kier alpha value is -1.64. The zero-order valence-electron chi connectivity index (χ0n) is 12.3. The predicted octanol–water partition coefficient (Wildman–Crippen LogP) is 2.40. The van der Waals surface area contributed by atoms with E-state index in [1.54, 1.807) is 31.5 Å². The summed E-state index contributed by atoms with van der Waals surface area (Å²) in [6.45, 7) is 1.70. The first-order valence-corrected chi connectivity index (χ1v) is 9.03. The van der Waals surface area contributed by atoms with Gasteiger partial charge >= 0.3 is 0 Å². The molecule has 0 fully saturated rings. The largest absolute Gasteiger partial charge is 0.381 e. The number of methoxy groups -OCH3 is 1. The third kappa shape index (κ3) is 5.28. The molecule has 2 aromatic rings. The molecule has 0 aliphatic carbocycles. The van der Waals surface area contributed by atoms with Crippen LogP contribution < -0.4 is 4.72 Å². The summed E-state index contributed by atoms with van der Waals surface area (Å²) in [6.07, 6.45) is 2.88. The molecule has 2 rings (SSSR count). The highest BCUT2D eigenvalue weighted by molar-refractivity contribution is 7.99. The molecule has 2 heterocycles. The van der Waals surface area contributed by atoms with Gasteiger partial charge in [0.15, 0.2) is 0 Å². The molecule has 0 unspecified atom stereocenters. The number of sulfonamides is 1. The molecule has 1 atom stereocenters. The third-order valence-corrected chi connectivity index (χ3v) is 5.05. The van der Waals surface area contributed by atoms with E-state index in [9.17, 15) is 8.42 Å². The summed E-state index contributed by atoms with van der Waals surface area (Å²) in [5, 5.41) is 1.46. The molecular formula is C14H17N3O3S2. The molecule has 0 aliphatic rings. The van der Waals surface area contributed by atoms with E-state index in [0.29, 0.717) is 10.7 Å². The van der Waals surface area contributed by atoms with Gasteiger partial charge in [-0.15, -0.1) is 0 Å². The van der Waals surface area contributed by atoms with Crippen LogP contribution in [-0.4, -0.2) is 37.4 Å². The summed E-state index contributed by atoms with van der Waals surface area (Å²) in [5.74, 6) is -0.103. The second kappa shape index (κ2) is 7.57. The van der Waals surface area contributed by atoms with Gasteiger partial charge in [-0.3, -0.25) is 4.72 Å². The van der Waals surface area contributed by atoms with Gasteiger partial charge in [0.2, 0.25) is 10.0 Å². The smallest absolute Gasteiger partial charge is 0.235 e. The molecule has 1 N–H and O–H groups in total. The van der Waals surface area contributed by atoms with Crippen LogP contribution in [0, 0.1) is 0 Å². The van der Waals surface area contributed by atoms with Gasteiger partial charge < -0.3 is 4.74 Å². The lowest BCUT2D eigenvalue weighted by atomic mass is 10.4. The second-order valence-electron chi connectivity index (χ2n) is 4.58. The topological polar surface area (TPSA) is 81.2 Å². The highest BCUT2D eigenvalue weighted by atomic mass is 32.2. The minimum absolute atomic E-state index is 0.103. The van der Waals surface area contributed by atoms with Crippen molar-refractivity contribution in [2.24, 2.45) is 0 Å². The van der Waals surface area contributed by atoms with Crippen LogP contribution >= 0.6 is 11.8 Å². The number of ether oxygens (including phenoxy) is 1. The van der Waals surface area contributed by atoms with Gasteiger partial charge in [-0.2, -0.15) is 0 Å². The number of aromatic nitrogens is 2. The number of hydrogen-bond acceptors (Lipinski definition) is 6. The highest BCUT2D eigenvalue weighted by Gasteiger charge is 2.15. The van der Waals surface area contributed by atoms with Crippen molar-refractivity contribution in [3.8, 4) is 0 Å². The zero-order valence-corrected chi connectivity index (χ0v) is 13.9. The Kier molecular flexibility index (Phi) is 5.76. The fraction of sp³-hybridized carbons (Fsp3) is 0.286. The van der Waals surface area contributed by atoms with E-state index in [1.807, 2.05) is 18.2 Å². The van der Waals surface area contributed by atoms with Crippen molar-refractivity contribution in [1.29, 1.82) is 0 Å². The van der Waals surface area contributed by atoms with Crippen molar-refractivity contribution in [1.82, 2.24) is 9.97 Å². The Morgan fingerprint density at radius 3 is 2.68 bits per heavy atom. The monoisotopic (exact) mass is 339 g/mol. The van der Waals surface area contributed by atoms with Crippen LogP contribution in [0.15, 0.2) is 52.8 Å². The van der Waals surface area contributed by atoms with Gasteiger partial charge in [-0.1, -0.05) is 17.8 Å². The van der Waals surface area contributed by atoms with Gasteiger partial charge in [0.05, 0.1) is 17.5 Å². The molecule has 8 heteroatoms. The second-order valence-corrected chi connectivity index (χ2v) is 7.39. The van der Waals surface area contributed by atoms with Crippen LogP contribution in [0.2, 0.25) is 0 Å². The Labute approximate surface area is 134 Å². The first-order chi connectivity index (χ1) is 10.5. The number of nitrogens with zero attached hydrogens (tertiary/aromatic N) is 2. The fourth-order valence-corrected chi connectivity index (χ4v) is 3.74. The Balaban J connectivity index is 2.08. The Morgan fingerprint density at radius 2 is 2.00 bits per heavy atom. The van der Waals surface area contributed by atoms with E-state index in [2.05, 4.69) is 14.7 Å². The molecule has 0 saturated heterocycles. The van der Waals surface area contributed by atoms with Crippen molar-refractivity contribution >= 4 is 27.5 Å². The van der Waals surface area contributed by atoms with E-state index in [0.717, 1.165) is 5.03 Å². The first kappa shape index (κ1) is 16.7. The average Bonchev–Trinajstić information content (AvgIpc) is 2.47. The van der Waals surface area contributed by atoms with Crippen LogP contribution in [0.25, 0.3) is 0 Å². The molecule has 0 bridgehead atoms. The molecule has 0 amide bonds. The number of hydrogen-bond donors (Lipinski definition) is 1. The van der Waals surface area contributed by atoms with E-state index >= 15 is 0 Å². The van der Waals surface area contributed by atoms with Crippen LogP contribution in [0.4, 0.5) is 5.69 Å². The normalized spacial score (nSPS) is 12.8. The quantitative estimate of drug-likeness (QED) is 0.834. The van der Waals surface area contributed by atoms with Gasteiger partial charge in [-0.25, -0.2) is 18.4 Å². The molecule has 2 aromatic heterocycles. The van der Waals surface area contributed by atoms with Crippen LogP contribution in [0.1, 0.15) is 6.92 Å². The molecule has 0 radical (unpaired) electrons. The van der Waals surface area contributed by atoms with Crippen molar-refractivity contribution in [2.75, 3.05) is 17.6 Å². The fourth-order valence-electron chi connectivity index (χ4n) is 1.64. The Bertz CT molecular complexity index is 708. The molecule has 0 aliphatic heterocycles. The maximum absolute atomic E-state index is 12.0. The molecule has 118 valence electrons. The van der Waals surface area contributed by atoms with E-state index in [-0.39, 0.29) is 11.9 Å². The highest BCUT2D eigenvalue weighted by Crippen LogP contribution is 2.25. The van der Waals surface area contributed by atoms with Gasteiger partial charge in [0, 0.05) is 19.5 Å². The standard InChI is InChI=1S/C14H17N3O3S2/c1-11(20-2)10-22(18,19)17-12-6-8-16-14(9-12)21-13-5-3-4-7-15-13/h3-9,11H,10H2,1-2H3,(H,16,17)/t11-/m0/s1. The van der Waals surface area contributed by atoms with Crippen molar-refractivity contribution in [3.05, 3.63) is 42.7 Å². The SMILES string of the molecule is CO[C@@H](C)CS(=O)(=O)Nc1ccnc(Sc2ccccn2)c1. The summed E-state index contributed by atoms with van der Waals surface area (Å²) in [5.41, 5.74) is 0.469. The minimum Gasteiger partial charge on any atom is -0.381 e. The zero-order chi connectivity index (χ0) is 16.0. The summed E-state index contributed by atoms with van der Waals surface area (Å²) in [7, 11) is -1.98. The van der Waals surface area contributed by atoms with Crippen molar-refractivity contribution in [2.45, 2.75) is 23.1 Å². The average molecular weight is 339 g/mol. The lowest BCUT2D eigenvalue weighted by molar-refractivity contribution is 0.136. The third-order valence-electron chi connectivity index (χ3n) is 2.71. The van der Waals surface area contributed by atoms with Crippen LogP contribution in [-0.2, 0) is 14.8 Å². The molecule has 0 saturated carbocycles. The first-order valence-electron chi connectivity index (χ1n) is 6.57. The summed E-state index contributed by atoms with van der Waals surface area (Å²) >= 11 is 1.36. The molecule has 0 aromatic carbocycles. The molecule has 22 heavy (non-hydrogen) atoms. The maximum atomic E-state index is 12.0. The lowest BCUT2D eigenvalue weighted by Gasteiger charge is -2.12. The van der Waals surface area contributed by atoms with E-state index < -0.39 is 10.0 Å². The van der Waals surface area contributed by atoms with Crippen molar-refractivity contribution in [3.63, 3.8) is 0 Å². The maximum Gasteiger partial charge on any atom is 0.235 e. The Morgan fingerprint density at radius 1 is 1.23 bits per heavy atom. The number of rotatable bonds is 7. The minimum atomic E-state index is -3.46. The number of nitrogens with one attached hydrogen (secondary N) is 1.